The van der Waals surface area contributed by atoms with Crippen LogP contribution in [-0.2, 0) is 24.4 Å². The second-order valence-electron chi connectivity index (χ2n) is 8.85. The quantitative estimate of drug-likeness (QED) is 0.625. The minimum Gasteiger partial charge on any atom is -0.497 e. The number of nitrogens with zero attached hydrogens (tertiary/aromatic N) is 3. The van der Waals surface area contributed by atoms with Crippen LogP contribution < -0.4 is 20.5 Å². The maximum Gasteiger partial charge on any atom is 0.258 e. The standard InChI is InChI=1S/C26H32N4O3/c1-32-18-30-24-16-19(5-10-22(24)25-23(26(30)31)4-3-11-27-25)17-28-12-14-29(15-13-28)20-6-8-21(33-2)9-7-20/h5-10,16,27H,3-4,11-15,17-18H2,1-2H3. The lowest BCUT2D eigenvalue weighted by molar-refractivity contribution is 0.131. The van der Waals surface area contributed by atoms with Crippen molar-refractivity contribution in [3.63, 3.8) is 0 Å². The predicted octanol–water partition coefficient (Wildman–Crippen LogP) is 3.29. The second kappa shape index (κ2) is 9.45. The van der Waals surface area contributed by atoms with Crippen LogP contribution in [0.2, 0.25) is 0 Å². The van der Waals surface area contributed by atoms with Gasteiger partial charge in [0.15, 0.2) is 0 Å². The van der Waals surface area contributed by atoms with Gasteiger partial charge in [-0.1, -0.05) is 12.1 Å². The molecule has 5 rings (SSSR count). The number of hydrogen-bond donors (Lipinski definition) is 1. The molecule has 2 aliphatic heterocycles. The van der Waals surface area contributed by atoms with Crippen molar-refractivity contribution in [2.45, 2.75) is 26.1 Å². The predicted molar refractivity (Wildman–Crippen MR) is 133 cm³/mol. The first-order valence-corrected chi connectivity index (χ1v) is 11.7. The summed E-state index contributed by atoms with van der Waals surface area (Å²) in [4.78, 5) is 18.1. The number of anilines is 2. The van der Waals surface area contributed by atoms with Crippen LogP contribution in [0.3, 0.4) is 0 Å². The Morgan fingerprint density at radius 2 is 1.79 bits per heavy atom. The summed E-state index contributed by atoms with van der Waals surface area (Å²) in [6.45, 7) is 6.04. The second-order valence-corrected chi connectivity index (χ2v) is 8.85. The van der Waals surface area contributed by atoms with Gasteiger partial charge < -0.3 is 19.7 Å². The number of fused-ring (bicyclic) bond motifs is 3. The highest BCUT2D eigenvalue weighted by molar-refractivity contribution is 5.94. The van der Waals surface area contributed by atoms with Crippen molar-refractivity contribution in [2.24, 2.45) is 0 Å². The fourth-order valence-corrected chi connectivity index (χ4v) is 5.04. The minimum absolute atomic E-state index is 0.0665. The maximum atomic E-state index is 13.1. The lowest BCUT2D eigenvalue weighted by Crippen LogP contribution is -2.45. The van der Waals surface area contributed by atoms with E-state index < -0.39 is 0 Å². The van der Waals surface area contributed by atoms with Crippen LogP contribution in [0.5, 0.6) is 5.75 Å². The average molecular weight is 449 g/mol. The van der Waals surface area contributed by atoms with E-state index in [4.69, 9.17) is 9.47 Å². The van der Waals surface area contributed by atoms with Crippen molar-refractivity contribution in [2.75, 3.05) is 57.2 Å². The van der Waals surface area contributed by atoms with Gasteiger partial charge in [-0.15, -0.1) is 0 Å². The molecular weight excluding hydrogens is 416 g/mol. The van der Waals surface area contributed by atoms with Gasteiger partial charge >= 0.3 is 0 Å². The summed E-state index contributed by atoms with van der Waals surface area (Å²) in [6.07, 6.45) is 1.81. The van der Waals surface area contributed by atoms with E-state index in [0.29, 0.717) is 0 Å². The molecule has 0 saturated carbocycles. The molecule has 0 unspecified atom stereocenters. The van der Waals surface area contributed by atoms with Crippen LogP contribution in [-0.4, -0.2) is 56.4 Å². The van der Waals surface area contributed by atoms with Gasteiger partial charge in [0.2, 0.25) is 0 Å². The van der Waals surface area contributed by atoms with E-state index in [1.807, 2.05) is 12.1 Å². The monoisotopic (exact) mass is 448 g/mol. The molecule has 0 radical (unpaired) electrons. The zero-order chi connectivity index (χ0) is 22.8. The molecule has 174 valence electrons. The zero-order valence-corrected chi connectivity index (χ0v) is 19.5. The number of aromatic nitrogens is 1. The fourth-order valence-electron chi connectivity index (χ4n) is 5.04. The summed E-state index contributed by atoms with van der Waals surface area (Å²) >= 11 is 0. The van der Waals surface area contributed by atoms with Gasteiger partial charge in [0.25, 0.3) is 5.56 Å². The van der Waals surface area contributed by atoms with Crippen molar-refractivity contribution in [3.05, 3.63) is 63.9 Å². The summed E-state index contributed by atoms with van der Waals surface area (Å²) < 4.78 is 12.4. The highest BCUT2D eigenvalue weighted by Gasteiger charge is 2.21. The molecule has 1 aromatic heterocycles. The molecule has 7 heteroatoms. The molecule has 33 heavy (non-hydrogen) atoms. The smallest absolute Gasteiger partial charge is 0.258 e. The summed E-state index contributed by atoms with van der Waals surface area (Å²) in [6, 6.07) is 14.8. The normalized spacial score (nSPS) is 16.5. The molecule has 0 atom stereocenters. The van der Waals surface area contributed by atoms with Crippen molar-refractivity contribution in [3.8, 4) is 5.75 Å². The van der Waals surface area contributed by atoms with Crippen molar-refractivity contribution < 1.29 is 9.47 Å². The van der Waals surface area contributed by atoms with Gasteiger partial charge in [-0.05, 0) is 48.7 Å². The summed E-state index contributed by atoms with van der Waals surface area (Å²) in [7, 11) is 3.34. The van der Waals surface area contributed by atoms with E-state index in [0.717, 1.165) is 80.0 Å². The lowest BCUT2D eigenvalue weighted by atomic mass is 10.00. The Bertz CT molecular complexity index is 1180. The van der Waals surface area contributed by atoms with Crippen LogP contribution in [0.4, 0.5) is 11.4 Å². The number of benzene rings is 2. The Morgan fingerprint density at radius 1 is 1.00 bits per heavy atom. The third-order valence-corrected chi connectivity index (χ3v) is 6.81. The third-order valence-electron chi connectivity index (χ3n) is 6.81. The van der Waals surface area contributed by atoms with Crippen LogP contribution in [0.15, 0.2) is 47.3 Å². The Balaban J connectivity index is 1.34. The molecule has 3 heterocycles. The van der Waals surface area contributed by atoms with E-state index in [2.05, 4.69) is 45.4 Å². The van der Waals surface area contributed by atoms with Gasteiger partial charge in [-0.3, -0.25) is 14.3 Å². The van der Waals surface area contributed by atoms with Crippen molar-refractivity contribution in [1.29, 1.82) is 0 Å². The minimum atomic E-state index is 0.0665. The Morgan fingerprint density at radius 3 is 2.52 bits per heavy atom. The third kappa shape index (κ3) is 4.30. The first-order chi connectivity index (χ1) is 16.2. The highest BCUT2D eigenvalue weighted by Crippen LogP contribution is 2.30. The first-order valence-electron chi connectivity index (χ1n) is 11.7. The Kier molecular flexibility index (Phi) is 6.24. The van der Waals surface area contributed by atoms with Crippen LogP contribution >= 0.6 is 0 Å². The molecule has 3 aromatic rings. The summed E-state index contributed by atoms with van der Waals surface area (Å²) in [5.41, 5.74) is 5.37. The van der Waals surface area contributed by atoms with Gasteiger partial charge in [0.1, 0.15) is 12.5 Å². The van der Waals surface area contributed by atoms with Gasteiger partial charge in [0.05, 0.1) is 18.3 Å². The number of piperazine rings is 1. The largest absolute Gasteiger partial charge is 0.497 e. The summed E-state index contributed by atoms with van der Waals surface area (Å²) in [5, 5.41) is 4.57. The number of rotatable bonds is 6. The molecule has 2 aliphatic rings. The zero-order valence-electron chi connectivity index (χ0n) is 19.5. The molecule has 2 aromatic carbocycles. The maximum absolute atomic E-state index is 13.1. The molecule has 0 amide bonds. The fraction of sp³-hybridized carbons (Fsp3) is 0.423. The van der Waals surface area contributed by atoms with E-state index >= 15 is 0 Å². The van der Waals surface area contributed by atoms with Gasteiger partial charge in [0, 0.05) is 63.0 Å². The van der Waals surface area contributed by atoms with Gasteiger partial charge in [-0.2, -0.15) is 0 Å². The number of ether oxygens (including phenoxy) is 2. The van der Waals surface area contributed by atoms with E-state index in [1.54, 1.807) is 18.8 Å². The van der Waals surface area contributed by atoms with Crippen molar-refractivity contribution in [1.82, 2.24) is 9.47 Å². The first kappa shape index (κ1) is 21.8. The number of nitrogens with one attached hydrogen (secondary N) is 1. The topological polar surface area (TPSA) is 59.0 Å². The van der Waals surface area contributed by atoms with E-state index in [-0.39, 0.29) is 12.3 Å². The van der Waals surface area contributed by atoms with Gasteiger partial charge in [-0.25, -0.2) is 0 Å². The van der Waals surface area contributed by atoms with E-state index in [9.17, 15) is 4.79 Å². The van der Waals surface area contributed by atoms with Crippen molar-refractivity contribution >= 4 is 22.3 Å². The molecule has 0 spiro atoms. The average Bonchev–Trinajstić information content (AvgIpc) is 2.87. The molecule has 1 saturated heterocycles. The summed E-state index contributed by atoms with van der Waals surface area (Å²) in [5.74, 6) is 0.886. The Labute approximate surface area is 194 Å². The van der Waals surface area contributed by atoms with Crippen LogP contribution in [0, 0.1) is 0 Å². The van der Waals surface area contributed by atoms with E-state index in [1.165, 1.54) is 11.3 Å². The highest BCUT2D eigenvalue weighted by atomic mass is 16.5. The molecule has 7 nitrogen and oxygen atoms in total. The molecular formula is C26H32N4O3. The lowest BCUT2D eigenvalue weighted by Gasteiger charge is -2.36. The number of methoxy groups -OCH3 is 2. The Hall–Kier alpha value is -3.03. The molecule has 1 fully saturated rings. The van der Waals surface area contributed by atoms with Crippen LogP contribution in [0.25, 0.3) is 10.9 Å². The molecule has 0 aliphatic carbocycles. The van der Waals surface area contributed by atoms with Crippen LogP contribution in [0.1, 0.15) is 17.5 Å². The number of hydrogen-bond acceptors (Lipinski definition) is 6. The SMILES string of the molecule is COCn1c(=O)c2c(c3ccc(CN4CCN(c5ccc(OC)cc5)CC4)cc31)NCCC2. The molecule has 1 N–H and O–H groups in total. The number of pyridine rings is 1. The molecule has 0 bridgehead atoms.